The zero-order valence-corrected chi connectivity index (χ0v) is 15.7. The number of fused-ring (bicyclic) bond motifs is 1. The maximum absolute atomic E-state index is 12.6. The van der Waals surface area contributed by atoms with Gasteiger partial charge in [-0.15, -0.1) is 11.3 Å². The van der Waals surface area contributed by atoms with Gasteiger partial charge in [0.2, 0.25) is 5.91 Å². The monoisotopic (exact) mass is 383 g/mol. The van der Waals surface area contributed by atoms with Crippen LogP contribution in [0.1, 0.15) is 22.6 Å². The molecule has 1 amide bonds. The number of nitrogens with zero attached hydrogens (tertiary/aromatic N) is 2. The predicted molar refractivity (Wildman–Crippen MR) is 104 cm³/mol. The van der Waals surface area contributed by atoms with E-state index < -0.39 is 0 Å². The molecule has 132 valence electrons. The summed E-state index contributed by atoms with van der Waals surface area (Å²) in [6, 6.07) is 13.4. The molecule has 0 bridgehead atoms. The summed E-state index contributed by atoms with van der Waals surface area (Å²) in [6.45, 7) is 0.462. The first-order chi connectivity index (χ1) is 12.7. The average molecular weight is 384 g/mol. The van der Waals surface area contributed by atoms with E-state index in [1.807, 2.05) is 42.5 Å². The van der Waals surface area contributed by atoms with E-state index in [2.05, 4.69) is 10.3 Å². The highest BCUT2D eigenvalue weighted by molar-refractivity contribution is 7.15. The van der Waals surface area contributed by atoms with Gasteiger partial charge < -0.3 is 5.32 Å². The number of hydrogen-bond acceptors (Lipinski definition) is 4. The van der Waals surface area contributed by atoms with Gasteiger partial charge in [-0.3, -0.25) is 9.78 Å². The summed E-state index contributed by atoms with van der Waals surface area (Å²) in [4.78, 5) is 22.9. The molecule has 0 spiro atoms. The summed E-state index contributed by atoms with van der Waals surface area (Å²) in [5.74, 6) is 0.0744. The summed E-state index contributed by atoms with van der Waals surface area (Å²) < 4.78 is 0. The fourth-order valence-electron chi connectivity index (χ4n) is 3.17. The Hall–Kier alpha value is -2.24. The first-order valence-corrected chi connectivity index (χ1v) is 9.81. The lowest BCUT2D eigenvalue weighted by atomic mass is 9.90. The van der Waals surface area contributed by atoms with Gasteiger partial charge in [0.15, 0.2) is 0 Å². The number of carbonyl (C=O) groups excluding carboxylic acids is 1. The molecule has 1 unspecified atom stereocenters. The second kappa shape index (κ2) is 7.56. The number of hydrogen-bond donors (Lipinski definition) is 1. The summed E-state index contributed by atoms with van der Waals surface area (Å²) >= 11 is 7.81. The Labute approximate surface area is 161 Å². The van der Waals surface area contributed by atoms with Crippen molar-refractivity contribution < 1.29 is 4.79 Å². The number of rotatable bonds is 4. The van der Waals surface area contributed by atoms with Crippen molar-refractivity contribution in [1.29, 1.82) is 0 Å². The number of nitrogens with one attached hydrogen (secondary N) is 1. The Morgan fingerprint density at radius 3 is 2.88 bits per heavy atom. The Morgan fingerprint density at radius 1 is 1.23 bits per heavy atom. The van der Waals surface area contributed by atoms with Gasteiger partial charge in [-0.25, -0.2) is 4.98 Å². The number of thiazole rings is 1. The van der Waals surface area contributed by atoms with Gasteiger partial charge in [-0.1, -0.05) is 35.9 Å². The Kier molecular flexibility index (Phi) is 5.00. The standard InChI is InChI=1S/C20H18ClN3OS/c21-15-6-2-1-5-14(15)12-23-19(25)13-8-9-16-18(11-13)26-20(24-16)17-7-3-4-10-22-17/h1-7,10,13H,8-9,11-12H2,(H,23,25). The molecule has 0 aliphatic heterocycles. The van der Waals surface area contributed by atoms with E-state index in [0.29, 0.717) is 11.6 Å². The number of aryl methyl sites for hydroxylation is 1. The van der Waals surface area contributed by atoms with E-state index >= 15 is 0 Å². The van der Waals surface area contributed by atoms with Crippen LogP contribution in [-0.4, -0.2) is 15.9 Å². The molecule has 3 aromatic rings. The molecule has 2 aromatic heterocycles. The van der Waals surface area contributed by atoms with Gasteiger partial charge in [-0.2, -0.15) is 0 Å². The fraction of sp³-hybridized carbons (Fsp3) is 0.250. The Balaban J connectivity index is 1.42. The van der Waals surface area contributed by atoms with Crippen molar-refractivity contribution in [3.05, 3.63) is 69.8 Å². The molecule has 1 aliphatic carbocycles. The molecule has 4 rings (SSSR count). The lowest BCUT2D eigenvalue weighted by molar-refractivity contribution is -0.125. The van der Waals surface area contributed by atoms with E-state index in [-0.39, 0.29) is 11.8 Å². The molecule has 2 heterocycles. The smallest absolute Gasteiger partial charge is 0.223 e. The van der Waals surface area contributed by atoms with E-state index in [1.165, 1.54) is 4.88 Å². The molecular formula is C20H18ClN3OS. The zero-order chi connectivity index (χ0) is 17.9. The van der Waals surface area contributed by atoms with Crippen molar-refractivity contribution in [3.63, 3.8) is 0 Å². The summed E-state index contributed by atoms with van der Waals surface area (Å²) in [6.07, 6.45) is 4.18. The molecule has 4 nitrogen and oxygen atoms in total. The average Bonchev–Trinajstić information content (AvgIpc) is 3.11. The lowest BCUT2D eigenvalue weighted by Crippen LogP contribution is -2.33. The number of aromatic nitrogens is 2. The molecule has 26 heavy (non-hydrogen) atoms. The molecule has 1 N–H and O–H groups in total. The van der Waals surface area contributed by atoms with Gasteiger partial charge in [-0.05, 0) is 43.0 Å². The molecule has 0 saturated carbocycles. The largest absolute Gasteiger partial charge is 0.352 e. The molecule has 0 saturated heterocycles. The maximum atomic E-state index is 12.6. The van der Waals surface area contributed by atoms with Crippen LogP contribution in [0, 0.1) is 5.92 Å². The van der Waals surface area contributed by atoms with Crippen LogP contribution in [-0.2, 0) is 24.2 Å². The number of amides is 1. The van der Waals surface area contributed by atoms with Crippen LogP contribution in [0.4, 0.5) is 0 Å². The first-order valence-electron chi connectivity index (χ1n) is 8.62. The summed E-state index contributed by atoms with van der Waals surface area (Å²) in [5.41, 5.74) is 2.95. The molecule has 1 aromatic carbocycles. The minimum atomic E-state index is -0.0120. The van der Waals surface area contributed by atoms with Crippen molar-refractivity contribution in [2.45, 2.75) is 25.8 Å². The van der Waals surface area contributed by atoms with Gasteiger partial charge in [0, 0.05) is 28.6 Å². The second-order valence-electron chi connectivity index (χ2n) is 6.35. The van der Waals surface area contributed by atoms with Crippen LogP contribution in [0.5, 0.6) is 0 Å². The maximum Gasteiger partial charge on any atom is 0.223 e. The Bertz CT molecular complexity index is 926. The van der Waals surface area contributed by atoms with E-state index in [0.717, 1.165) is 41.2 Å². The quantitative estimate of drug-likeness (QED) is 0.731. The topological polar surface area (TPSA) is 54.9 Å². The van der Waals surface area contributed by atoms with E-state index in [4.69, 9.17) is 16.6 Å². The molecule has 0 fully saturated rings. The van der Waals surface area contributed by atoms with E-state index in [1.54, 1.807) is 17.5 Å². The van der Waals surface area contributed by atoms with Gasteiger partial charge in [0.05, 0.1) is 11.4 Å². The number of pyridine rings is 1. The second-order valence-corrected chi connectivity index (χ2v) is 7.84. The number of carbonyl (C=O) groups is 1. The molecule has 0 radical (unpaired) electrons. The lowest BCUT2D eigenvalue weighted by Gasteiger charge is -2.20. The van der Waals surface area contributed by atoms with Crippen molar-refractivity contribution >= 4 is 28.8 Å². The predicted octanol–water partition coefficient (Wildman–Crippen LogP) is 4.28. The van der Waals surface area contributed by atoms with Crippen LogP contribution in [0.25, 0.3) is 10.7 Å². The third kappa shape index (κ3) is 3.64. The van der Waals surface area contributed by atoms with Crippen LogP contribution >= 0.6 is 22.9 Å². The third-order valence-electron chi connectivity index (χ3n) is 4.61. The van der Waals surface area contributed by atoms with Crippen molar-refractivity contribution in [1.82, 2.24) is 15.3 Å². The SMILES string of the molecule is O=C(NCc1ccccc1Cl)C1CCc2nc(-c3ccccn3)sc2C1. The fourth-order valence-corrected chi connectivity index (χ4v) is 4.53. The van der Waals surface area contributed by atoms with Crippen molar-refractivity contribution in [2.24, 2.45) is 5.92 Å². The highest BCUT2D eigenvalue weighted by Gasteiger charge is 2.27. The van der Waals surface area contributed by atoms with Gasteiger partial charge in [0.1, 0.15) is 5.01 Å². The van der Waals surface area contributed by atoms with Gasteiger partial charge >= 0.3 is 0 Å². The Morgan fingerprint density at radius 2 is 2.08 bits per heavy atom. The first kappa shape index (κ1) is 17.2. The normalized spacial score (nSPS) is 16.1. The minimum absolute atomic E-state index is 0.0120. The summed E-state index contributed by atoms with van der Waals surface area (Å²) in [5, 5.41) is 4.65. The van der Waals surface area contributed by atoms with Crippen molar-refractivity contribution in [2.75, 3.05) is 0 Å². The van der Waals surface area contributed by atoms with Crippen LogP contribution in [0.2, 0.25) is 5.02 Å². The highest BCUT2D eigenvalue weighted by atomic mass is 35.5. The number of halogens is 1. The zero-order valence-electron chi connectivity index (χ0n) is 14.1. The van der Waals surface area contributed by atoms with Crippen LogP contribution < -0.4 is 5.32 Å². The highest BCUT2D eigenvalue weighted by Crippen LogP contribution is 2.34. The summed E-state index contributed by atoms with van der Waals surface area (Å²) in [7, 11) is 0. The van der Waals surface area contributed by atoms with Crippen LogP contribution in [0.3, 0.4) is 0 Å². The number of benzene rings is 1. The third-order valence-corrected chi connectivity index (χ3v) is 6.12. The van der Waals surface area contributed by atoms with Crippen molar-refractivity contribution in [3.8, 4) is 10.7 Å². The molecule has 1 aliphatic rings. The van der Waals surface area contributed by atoms with Gasteiger partial charge in [0.25, 0.3) is 0 Å². The molecule has 1 atom stereocenters. The van der Waals surface area contributed by atoms with E-state index in [9.17, 15) is 4.79 Å². The minimum Gasteiger partial charge on any atom is -0.352 e. The molecule has 6 heteroatoms. The van der Waals surface area contributed by atoms with Crippen LogP contribution in [0.15, 0.2) is 48.7 Å². The molecular weight excluding hydrogens is 366 g/mol.